The Morgan fingerprint density at radius 2 is 1.46 bits per heavy atom. The third-order valence-electron chi connectivity index (χ3n) is 4.44. The van der Waals surface area contributed by atoms with Gasteiger partial charge in [-0.15, -0.1) is 0 Å². The van der Waals surface area contributed by atoms with Crippen LogP contribution in [0.1, 0.15) is 47.8 Å². The van der Waals surface area contributed by atoms with Gasteiger partial charge in [-0.05, 0) is 30.7 Å². The van der Waals surface area contributed by atoms with Crippen LogP contribution in [0.25, 0.3) is 0 Å². The fourth-order valence-electron chi connectivity index (χ4n) is 3.25. The van der Waals surface area contributed by atoms with Crippen molar-refractivity contribution in [2.24, 2.45) is 0 Å². The summed E-state index contributed by atoms with van der Waals surface area (Å²) < 4.78 is 15.1. The van der Waals surface area contributed by atoms with Crippen LogP contribution < -0.4 is 9.47 Å². The highest BCUT2D eigenvalue weighted by molar-refractivity contribution is 6.31. The van der Waals surface area contributed by atoms with Crippen LogP contribution in [0.4, 0.5) is 0 Å². The van der Waals surface area contributed by atoms with Crippen molar-refractivity contribution in [3.8, 4) is 17.2 Å². The summed E-state index contributed by atoms with van der Waals surface area (Å²) in [7, 11) is 3.94. The Balaban J connectivity index is 2.39. The van der Waals surface area contributed by atoms with Gasteiger partial charge in [0.25, 0.3) is 0 Å². The lowest BCUT2D eigenvalue weighted by atomic mass is 9.79. The standard InChI is InChI=1S/C19H16O7/c1-8-13-9(7-10(20)14(8)19(23)26-4)17(21)15-11(24-2)5-6-12(25-3)16(15)18(13)22/h5-7,20H,1-4H3. The van der Waals surface area contributed by atoms with E-state index in [1.807, 2.05) is 0 Å². The molecule has 134 valence electrons. The molecule has 1 aliphatic carbocycles. The van der Waals surface area contributed by atoms with E-state index >= 15 is 0 Å². The molecule has 0 saturated heterocycles. The number of benzene rings is 2. The number of aromatic hydroxyl groups is 1. The molecule has 3 rings (SSSR count). The molecule has 1 N–H and O–H groups in total. The van der Waals surface area contributed by atoms with Crippen molar-refractivity contribution in [1.82, 2.24) is 0 Å². The zero-order valence-corrected chi connectivity index (χ0v) is 14.6. The highest BCUT2D eigenvalue weighted by atomic mass is 16.5. The zero-order chi connectivity index (χ0) is 19.2. The molecular weight excluding hydrogens is 340 g/mol. The van der Waals surface area contributed by atoms with Gasteiger partial charge < -0.3 is 19.3 Å². The van der Waals surface area contributed by atoms with E-state index in [1.165, 1.54) is 33.3 Å². The maximum Gasteiger partial charge on any atom is 0.341 e. The van der Waals surface area contributed by atoms with Crippen LogP contribution >= 0.6 is 0 Å². The van der Waals surface area contributed by atoms with E-state index in [1.54, 1.807) is 0 Å². The summed E-state index contributed by atoms with van der Waals surface area (Å²) in [5, 5.41) is 10.2. The Bertz CT molecular complexity index is 973. The summed E-state index contributed by atoms with van der Waals surface area (Å²) in [5.74, 6) is -1.78. The van der Waals surface area contributed by atoms with Gasteiger partial charge in [-0.3, -0.25) is 9.59 Å². The van der Waals surface area contributed by atoms with Gasteiger partial charge in [0.2, 0.25) is 0 Å². The predicted octanol–water partition coefficient (Wildman–Crippen LogP) is 2.28. The number of phenolic OH excluding ortho intramolecular Hbond substituents is 1. The van der Waals surface area contributed by atoms with E-state index in [-0.39, 0.29) is 44.9 Å². The second kappa shape index (κ2) is 6.18. The number of phenols is 1. The number of rotatable bonds is 3. The van der Waals surface area contributed by atoms with E-state index in [9.17, 15) is 19.5 Å². The molecule has 2 aromatic rings. The van der Waals surface area contributed by atoms with Gasteiger partial charge in [0.1, 0.15) is 22.8 Å². The van der Waals surface area contributed by atoms with Crippen LogP contribution in [0.2, 0.25) is 0 Å². The highest BCUT2D eigenvalue weighted by Crippen LogP contribution is 2.41. The topological polar surface area (TPSA) is 99.1 Å². The number of carbonyl (C=O) groups is 3. The highest BCUT2D eigenvalue weighted by Gasteiger charge is 2.38. The molecule has 7 heteroatoms. The summed E-state index contributed by atoms with van der Waals surface area (Å²) in [6.07, 6.45) is 0. The summed E-state index contributed by atoms with van der Waals surface area (Å²) in [5.41, 5.74) is 0.172. The largest absolute Gasteiger partial charge is 0.507 e. The number of ether oxygens (including phenoxy) is 3. The summed E-state index contributed by atoms with van der Waals surface area (Å²) in [4.78, 5) is 38.2. The molecule has 0 aliphatic heterocycles. The number of esters is 1. The van der Waals surface area contributed by atoms with Crippen molar-refractivity contribution in [1.29, 1.82) is 0 Å². The van der Waals surface area contributed by atoms with Crippen LogP contribution in [0.5, 0.6) is 17.2 Å². The Labute approximate surface area is 149 Å². The molecule has 1 aliphatic rings. The van der Waals surface area contributed by atoms with E-state index in [4.69, 9.17) is 9.47 Å². The smallest absolute Gasteiger partial charge is 0.341 e. The van der Waals surface area contributed by atoms with Crippen molar-refractivity contribution >= 4 is 17.5 Å². The lowest BCUT2D eigenvalue weighted by Crippen LogP contribution is -2.25. The molecule has 0 saturated carbocycles. The van der Waals surface area contributed by atoms with E-state index in [0.29, 0.717) is 0 Å². The Morgan fingerprint density at radius 1 is 0.923 bits per heavy atom. The summed E-state index contributed by atoms with van der Waals surface area (Å²) in [6, 6.07) is 4.17. The lowest BCUT2D eigenvalue weighted by Gasteiger charge is -2.24. The first-order valence-electron chi connectivity index (χ1n) is 7.66. The SMILES string of the molecule is COC(=O)c1c(O)cc2c(c1C)C(=O)c1c(OC)ccc(OC)c1C2=O. The zero-order valence-electron chi connectivity index (χ0n) is 14.6. The van der Waals surface area contributed by atoms with Crippen molar-refractivity contribution in [2.45, 2.75) is 6.92 Å². The predicted molar refractivity (Wildman–Crippen MR) is 90.6 cm³/mol. The maximum atomic E-state index is 13.2. The van der Waals surface area contributed by atoms with Crippen LogP contribution in [0, 0.1) is 6.92 Å². The van der Waals surface area contributed by atoms with E-state index < -0.39 is 23.3 Å². The molecule has 0 bridgehead atoms. The number of carbonyl (C=O) groups excluding carboxylic acids is 3. The van der Waals surface area contributed by atoms with Crippen LogP contribution in [-0.2, 0) is 4.74 Å². The first kappa shape index (κ1) is 17.5. The van der Waals surface area contributed by atoms with Gasteiger partial charge in [0, 0.05) is 11.1 Å². The number of hydrogen-bond acceptors (Lipinski definition) is 7. The third kappa shape index (κ3) is 2.24. The molecule has 0 unspecified atom stereocenters. The van der Waals surface area contributed by atoms with Gasteiger partial charge in [-0.1, -0.05) is 0 Å². The monoisotopic (exact) mass is 356 g/mol. The van der Waals surface area contributed by atoms with Crippen LogP contribution in [-0.4, -0.2) is 44.0 Å². The summed E-state index contributed by atoms with van der Waals surface area (Å²) >= 11 is 0. The Hall–Kier alpha value is -3.35. The fraction of sp³-hybridized carbons (Fsp3) is 0.211. The molecule has 0 heterocycles. The molecule has 0 fully saturated rings. The lowest BCUT2D eigenvalue weighted by molar-refractivity contribution is 0.0596. The van der Waals surface area contributed by atoms with Gasteiger partial charge in [0.15, 0.2) is 11.6 Å². The van der Waals surface area contributed by atoms with Crippen LogP contribution in [0.15, 0.2) is 18.2 Å². The second-order valence-electron chi connectivity index (χ2n) is 5.69. The van der Waals surface area contributed by atoms with Gasteiger partial charge >= 0.3 is 5.97 Å². The quantitative estimate of drug-likeness (QED) is 0.719. The van der Waals surface area contributed by atoms with Gasteiger partial charge in [-0.2, -0.15) is 0 Å². The minimum atomic E-state index is -0.800. The molecule has 0 radical (unpaired) electrons. The Kier molecular flexibility index (Phi) is 4.15. The first-order chi connectivity index (χ1) is 12.4. The molecule has 26 heavy (non-hydrogen) atoms. The normalized spacial score (nSPS) is 12.3. The fourth-order valence-corrected chi connectivity index (χ4v) is 3.25. The molecule has 0 aromatic heterocycles. The second-order valence-corrected chi connectivity index (χ2v) is 5.69. The molecule has 7 nitrogen and oxygen atoms in total. The number of fused-ring (bicyclic) bond motifs is 2. The van der Waals surface area contributed by atoms with Crippen molar-refractivity contribution in [2.75, 3.05) is 21.3 Å². The first-order valence-corrected chi connectivity index (χ1v) is 7.66. The maximum absolute atomic E-state index is 13.2. The molecular formula is C19H16O7. The average molecular weight is 356 g/mol. The van der Waals surface area contributed by atoms with Crippen LogP contribution in [0.3, 0.4) is 0 Å². The van der Waals surface area contributed by atoms with E-state index in [2.05, 4.69) is 4.74 Å². The minimum absolute atomic E-state index is 0.00305. The van der Waals surface area contributed by atoms with Crippen molar-refractivity contribution in [3.63, 3.8) is 0 Å². The van der Waals surface area contributed by atoms with Crippen molar-refractivity contribution in [3.05, 3.63) is 51.6 Å². The number of hydrogen-bond donors (Lipinski definition) is 1. The Morgan fingerprint density at radius 3 is 1.96 bits per heavy atom. The van der Waals surface area contributed by atoms with Gasteiger partial charge in [0.05, 0.1) is 32.5 Å². The van der Waals surface area contributed by atoms with Gasteiger partial charge in [-0.25, -0.2) is 4.79 Å². The third-order valence-corrected chi connectivity index (χ3v) is 4.44. The number of methoxy groups -OCH3 is 3. The minimum Gasteiger partial charge on any atom is -0.507 e. The van der Waals surface area contributed by atoms with Crippen molar-refractivity contribution < 1.29 is 33.7 Å². The molecule has 0 spiro atoms. The summed E-state index contributed by atoms with van der Waals surface area (Å²) in [6.45, 7) is 1.48. The number of ketones is 2. The molecule has 2 aromatic carbocycles. The molecule has 0 amide bonds. The average Bonchev–Trinajstić information content (AvgIpc) is 2.64. The molecule has 0 atom stereocenters. The van der Waals surface area contributed by atoms with E-state index in [0.717, 1.165) is 13.2 Å².